The molecule has 4 heterocycles. The zero-order valence-corrected chi connectivity index (χ0v) is 13.9. The van der Waals surface area contributed by atoms with Crippen molar-refractivity contribution in [1.29, 1.82) is 0 Å². The molecule has 1 N–H and O–H groups in total. The van der Waals surface area contributed by atoms with Crippen LogP contribution in [0.1, 0.15) is 16.1 Å². The summed E-state index contributed by atoms with van der Waals surface area (Å²) in [6, 6.07) is 5.44. The number of nitrogens with one attached hydrogen (secondary N) is 1. The van der Waals surface area contributed by atoms with E-state index in [-0.39, 0.29) is 11.2 Å². The minimum atomic E-state index is -0.422. The highest BCUT2D eigenvalue weighted by molar-refractivity contribution is 7.15. The van der Waals surface area contributed by atoms with Crippen LogP contribution >= 0.6 is 11.3 Å². The number of fused-ring (bicyclic) bond motifs is 1. The van der Waals surface area contributed by atoms with E-state index in [2.05, 4.69) is 20.4 Å². The van der Waals surface area contributed by atoms with Gasteiger partial charge in [0.25, 0.3) is 11.5 Å². The molecule has 0 saturated carbocycles. The third kappa shape index (κ3) is 2.60. The van der Waals surface area contributed by atoms with Crippen LogP contribution in [0.3, 0.4) is 0 Å². The normalized spacial score (nSPS) is 10.9. The first-order valence-corrected chi connectivity index (χ1v) is 8.25. The molecule has 0 bridgehead atoms. The number of pyridine rings is 1. The van der Waals surface area contributed by atoms with Gasteiger partial charge in [0.1, 0.15) is 5.69 Å². The van der Waals surface area contributed by atoms with E-state index in [1.165, 1.54) is 28.1 Å². The van der Waals surface area contributed by atoms with Crippen molar-refractivity contribution in [2.75, 3.05) is 5.32 Å². The van der Waals surface area contributed by atoms with Crippen LogP contribution in [0.5, 0.6) is 0 Å². The topological polar surface area (TPSA) is 94.2 Å². The van der Waals surface area contributed by atoms with Gasteiger partial charge in [0.2, 0.25) is 0 Å². The Balaban J connectivity index is 1.66. The fourth-order valence-electron chi connectivity index (χ4n) is 2.44. The first kappa shape index (κ1) is 15.2. The van der Waals surface area contributed by atoms with Gasteiger partial charge in [0.15, 0.2) is 10.8 Å². The van der Waals surface area contributed by atoms with Crippen molar-refractivity contribution in [3.8, 4) is 5.82 Å². The maximum absolute atomic E-state index is 12.5. The molecule has 0 radical (unpaired) electrons. The SMILES string of the molecule is Cc1c(C(=O)Nc2cnc3sccn3c2=O)cnn1-c1ccccn1. The highest BCUT2D eigenvalue weighted by atomic mass is 32.1. The van der Waals surface area contributed by atoms with Crippen LogP contribution in [-0.4, -0.2) is 30.1 Å². The number of hydrogen-bond acceptors (Lipinski definition) is 6. The summed E-state index contributed by atoms with van der Waals surface area (Å²) in [7, 11) is 0. The second-order valence-electron chi connectivity index (χ2n) is 5.23. The highest BCUT2D eigenvalue weighted by Gasteiger charge is 2.17. The minimum absolute atomic E-state index is 0.117. The largest absolute Gasteiger partial charge is 0.316 e. The molecular formula is C16H12N6O2S. The fraction of sp³-hybridized carbons (Fsp3) is 0.0625. The summed E-state index contributed by atoms with van der Waals surface area (Å²) in [6.07, 6.45) is 6.09. The molecule has 25 heavy (non-hydrogen) atoms. The van der Waals surface area contributed by atoms with Gasteiger partial charge in [0, 0.05) is 17.8 Å². The molecule has 0 aliphatic rings. The van der Waals surface area contributed by atoms with Crippen LogP contribution in [0.25, 0.3) is 10.8 Å². The fourth-order valence-corrected chi connectivity index (χ4v) is 3.12. The van der Waals surface area contributed by atoms with Crippen LogP contribution in [0.4, 0.5) is 5.69 Å². The Bertz CT molecular complexity index is 1130. The smallest absolute Gasteiger partial charge is 0.282 e. The molecule has 8 nitrogen and oxygen atoms in total. The predicted molar refractivity (Wildman–Crippen MR) is 93.4 cm³/mol. The Hall–Kier alpha value is -3.33. The lowest BCUT2D eigenvalue weighted by atomic mass is 10.2. The van der Waals surface area contributed by atoms with Crippen molar-refractivity contribution in [3.05, 3.63) is 70.0 Å². The number of aromatic nitrogens is 5. The van der Waals surface area contributed by atoms with E-state index in [1.807, 2.05) is 6.07 Å². The van der Waals surface area contributed by atoms with Crippen molar-refractivity contribution in [2.45, 2.75) is 6.92 Å². The molecule has 0 aliphatic heterocycles. The van der Waals surface area contributed by atoms with Gasteiger partial charge >= 0.3 is 0 Å². The quantitative estimate of drug-likeness (QED) is 0.608. The Morgan fingerprint density at radius 3 is 2.92 bits per heavy atom. The molecule has 4 aromatic heterocycles. The predicted octanol–water partition coefficient (Wildman–Crippen LogP) is 1.90. The molecule has 124 valence electrons. The van der Waals surface area contributed by atoms with Crippen LogP contribution < -0.4 is 10.9 Å². The second kappa shape index (κ2) is 5.95. The molecular weight excluding hydrogens is 340 g/mol. The van der Waals surface area contributed by atoms with E-state index in [0.29, 0.717) is 22.0 Å². The summed E-state index contributed by atoms with van der Waals surface area (Å²) in [5.74, 6) is 0.189. The summed E-state index contributed by atoms with van der Waals surface area (Å²) in [5, 5.41) is 8.58. The molecule has 0 saturated heterocycles. The monoisotopic (exact) mass is 352 g/mol. The number of anilines is 1. The number of carbonyl (C=O) groups is 1. The zero-order valence-electron chi connectivity index (χ0n) is 13.1. The van der Waals surface area contributed by atoms with Gasteiger partial charge in [-0.1, -0.05) is 6.07 Å². The lowest BCUT2D eigenvalue weighted by Gasteiger charge is -2.05. The van der Waals surface area contributed by atoms with Crippen molar-refractivity contribution in [1.82, 2.24) is 24.1 Å². The number of carbonyl (C=O) groups excluding carboxylic acids is 1. The third-order valence-electron chi connectivity index (χ3n) is 3.71. The summed E-state index contributed by atoms with van der Waals surface area (Å²) in [4.78, 5) is 33.8. The van der Waals surface area contributed by atoms with Crippen LogP contribution in [0.15, 0.2) is 53.2 Å². The summed E-state index contributed by atoms with van der Waals surface area (Å²) < 4.78 is 2.96. The maximum Gasteiger partial charge on any atom is 0.282 e. The van der Waals surface area contributed by atoms with E-state index in [1.54, 1.807) is 41.5 Å². The number of rotatable bonds is 3. The van der Waals surface area contributed by atoms with Gasteiger partial charge in [-0.25, -0.2) is 14.6 Å². The van der Waals surface area contributed by atoms with E-state index in [0.717, 1.165) is 0 Å². The molecule has 1 amide bonds. The molecule has 0 fully saturated rings. The van der Waals surface area contributed by atoms with Gasteiger partial charge in [0.05, 0.1) is 23.7 Å². The Morgan fingerprint density at radius 2 is 2.12 bits per heavy atom. The first-order chi connectivity index (χ1) is 12.1. The maximum atomic E-state index is 12.5. The molecule has 9 heteroatoms. The lowest BCUT2D eigenvalue weighted by molar-refractivity contribution is 0.102. The van der Waals surface area contributed by atoms with Gasteiger partial charge in [-0.05, 0) is 19.1 Å². The second-order valence-corrected chi connectivity index (χ2v) is 6.10. The summed E-state index contributed by atoms with van der Waals surface area (Å²) in [6.45, 7) is 1.77. The van der Waals surface area contributed by atoms with Gasteiger partial charge in [-0.2, -0.15) is 5.10 Å². The third-order valence-corrected chi connectivity index (χ3v) is 4.48. The van der Waals surface area contributed by atoms with Gasteiger partial charge in [-0.3, -0.25) is 14.0 Å². The zero-order chi connectivity index (χ0) is 17.4. The van der Waals surface area contributed by atoms with Crippen molar-refractivity contribution < 1.29 is 4.79 Å². The number of thiazole rings is 1. The van der Waals surface area contributed by atoms with E-state index >= 15 is 0 Å². The number of hydrogen-bond donors (Lipinski definition) is 1. The van der Waals surface area contributed by atoms with Crippen LogP contribution in [0, 0.1) is 6.92 Å². The highest BCUT2D eigenvalue weighted by Crippen LogP contribution is 2.14. The Morgan fingerprint density at radius 1 is 1.24 bits per heavy atom. The van der Waals surface area contributed by atoms with E-state index < -0.39 is 5.91 Å². The summed E-state index contributed by atoms with van der Waals surface area (Å²) >= 11 is 1.35. The van der Waals surface area contributed by atoms with Gasteiger partial charge in [-0.15, -0.1) is 11.3 Å². The summed E-state index contributed by atoms with van der Waals surface area (Å²) in [5.41, 5.74) is 0.779. The van der Waals surface area contributed by atoms with Crippen LogP contribution in [-0.2, 0) is 0 Å². The molecule has 4 aromatic rings. The average molecular weight is 352 g/mol. The average Bonchev–Trinajstić information content (AvgIpc) is 3.25. The molecule has 0 aliphatic carbocycles. The Labute approximate surface area is 145 Å². The van der Waals surface area contributed by atoms with E-state index in [9.17, 15) is 9.59 Å². The van der Waals surface area contributed by atoms with Crippen molar-refractivity contribution in [3.63, 3.8) is 0 Å². The lowest BCUT2D eigenvalue weighted by Crippen LogP contribution is -2.22. The number of amides is 1. The minimum Gasteiger partial charge on any atom is -0.316 e. The molecule has 0 unspecified atom stereocenters. The van der Waals surface area contributed by atoms with E-state index in [4.69, 9.17) is 0 Å². The number of nitrogens with zero attached hydrogens (tertiary/aromatic N) is 5. The molecule has 0 spiro atoms. The van der Waals surface area contributed by atoms with Crippen molar-refractivity contribution >= 4 is 27.9 Å². The molecule has 0 atom stereocenters. The Kier molecular flexibility index (Phi) is 3.62. The van der Waals surface area contributed by atoms with Crippen LogP contribution in [0.2, 0.25) is 0 Å². The molecule has 0 aromatic carbocycles. The van der Waals surface area contributed by atoms with Crippen molar-refractivity contribution in [2.24, 2.45) is 0 Å². The van der Waals surface area contributed by atoms with Gasteiger partial charge < -0.3 is 5.32 Å². The standard InChI is InChI=1S/C16H12N6O2S/c1-10-11(8-19-22(10)13-4-2-3-5-17-13)14(23)20-12-9-18-16-21(15(12)24)6-7-25-16/h2-9H,1H3,(H,20,23). The molecule has 4 rings (SSSR count). The first-order valence-electron chi connectivity index (χ1n) is 7.37.